The minimum atomic E-state index is -0.350. The normalized spacial score (nSPS) is 19.2. The third-order valence-corrected chi connectivity index (χ3v) is 8.37. The van der Waals surface area contributed by atoms with Gasteiger partial charge in [-0.05, 0) is 61.4 Å². The number of halogens is 1. The second kappa shape index (κ2) is 11.1. The zero-order valence-corrected chi connectivity index (χ0v) is 22.6. The summed E-state index contributed by atoms with van der Waals surface area (Å²) < 4.78 is 0. The van der Waals surface area contributed by atoms with Gasteiger partial charge in [-0.25, -0.2) is 0 Å². The van der Waals surface area contributed by atoms with Crippen LogP contribution in [0.1, 0.15) is 28.4 Å². The molecule has 2 N–H and O–H groups in total. The summed E-state index contributed by atoms with van der Waals surface area (Å²) in [5, 5.41) is 7.06. The van der Waals surface area contributed by atoms with Crippen molar-refractivity contribution in [2.24, 2.45) is 0 Å². The molecule has 0 aromatic heterocycles. The molecular weight excluding hydrogens is 504 g/mol. The SMILES string of the molecule is Cc1cccc(N2CCN(C(=O)c3ccc4c(c3)NC(=O)C(CSCc3ccccc3Cl)N4)CC2C)c1. The molecule has 2 aliphatic heterocycles. The van der Waals surface area contributed by atoms with Gasteiger partial charge in [-0.3, -0.25) is 9.59 Å². The average molecular weight is 535 g/mol. The van der Waals surface area contributed by atoms with Gasteiger partial charge in [0, 0.05) is 53.5 Å². The summed E-state index contributed by atoms with van der Waals surface area (Å²) >= 11 is 7.90. The summed E-state index contributed by atoms with van der Waals surface area (Å²) in [7, 11) is 0. The van der Waals surface area contributed by atoms with Gasteiger partial charge >= 0.3 is 0 Å². The number of carbonyl (C=O) groups excluding carboxylic acids is 2. The molecule has 0 aliphatic carbocycles. The summed E-state index contributed by atoms with van der Waals surface area (Å²) in [6.45, 7) is 6.35. The van der Waals surface area contributed by atoms with E-state index >= 15 is 0 Å². The van der Waals surface area contributed by atoms with E-state index < -0.39 is 0 Å². The second-order valence-electron chi connectivity index (χ2n) is 9.69. The van der Waals surface area contributed by atoms with E-state index in [0.29, 0.717) is 30.1 Å². The molecule has 37 heavy (non-hydrogen) atoms. The number of thioether (sulfide) groups is 1. The van der Waals surface area contributed by atoms with Crippen LogP contribution in [0, 0.1) is 6.92 Å². The van der Waals surface area contributed by atoms with E-state index in [4.69, 9.17) is 11.6 Å². The van der Waals surface area contributed by atoms with Crippen LogP contribution in [-0.4, -0.2) is 54.2 Å². The highest BCUT2D eigenvalue weighted by atomic mass is 35.5. The number of nitrogens with zero attached hydrogens (tertiary/aromatic N) is 2. The van der Waals surface area contributed by atoms with E-state index in [1.165, 1.54) is 11.3 Å². The zero-order chi connectivity index (χ0) is 25.9. The first kappa shape index (κ1) is 25.5. The number of hydrogen-bond acceptors (Lipinski definition) is 5. The Morgan fingerprint density at radius 3 is 2.68 bits per heavy atom. The van der Waals surface area contributed by atoms with Crippen LogP contribution in [0.2, 0.25) is 5.02 Å². The van der Waals surface area contributed by atoms with Crippen LogP contribution in [0.5, 0.6) is 0 Å². The number of benzene rings is 3. The predicted molar refractivity (Wildman–Crippen MR) is 154 cm³/mol. The van der Waals surface area contributed by atoms with Crippen LogP contribution >= 0.6 is 23.4 Å². The maximum Gasteiger partial charge on any atom is 0.254 e. The van der Waals surface area contributed by atoms with Crippen LogP contribution in [-0.2, 0) is 10.5 Å². The third-order valence-electron chi connectivity index (χ3n) is 6.92. The molecule has 0 radical (unpaired) electrons. The van der Waals surface area contributed by atoms with Gasteiger partial charge in [-0.2, -0.15) is 11.8 Å². The molecule has 2 aliphatic rings. The number of anilines is 3. The molecule has 2 unspecified atom stereocenters. The Morgan fingerprint density at radius 1 is 1.05 bits per heavy atom. The number of piperazine rings is 1. The van der Waals surface area contributed by atoms with Crippen molar-refractivity contribution in [1.82, 2.24) is 4.90 Å². The molecule has 0 saturated carbocycles. The molecule has 6 nitrogen and oxygen atoms in total. The lowest BCUT2D eigenvalue weighted by molar-refractivity contribution is -0.116. The maximum absolute atomic E-state index is 13.3. The Hall–Kier alpha value is -3.16. The fraction of sp³-hybridized carbons (Fsp3) is 0.310. The van der Waals surface area contributed by atoms with Crippen molar-refractivity contribution in [1.29, 1.82) is 0 Å². The third kappa shape index (κ3) is 5.73. The molecule has 0 bridgehead atoms. The van der Waals surface area contributed by atoms with E-state index in [2.05, 4.69) is 53.6 Å². The van der Waals surface area contributed by atoms with E-state index in [1.807, 2.05) is 41.3 Å². The van der Waals surface area contributed by atoms with Crippen LogP contribution in [0.25, 0.3) is 0 Å². The standard InChI is InChI=1S/C29H31ClN4O2S/c1-19-6-5-8-23(14-19)34-13-12-33(16-20(34)2)29(36)21-10-11-25-26(15-21)32-28(35)27(31-25)18-37-17-22-7-3-4-9-24(22)30/h3-11,14-15,20,27,31H,12-13,16-18H2,1-2H3,(H,32,35). The highest BCUT2D eigenvalue weighted by Crippen LogP contribution is 2.31. The summed E-state index contributed by atoms with van der Waals surface area (Å²) in [6.07, 6.45) is 0. The summed E-state index contributed by atoms with van der Waals surface area (Å²) in [4.78, 5) is 30.4. The average Bonchev–Trinajstić information content (AvgIpc) is 2.89. The van der Waals surface area contributed by atoms with Gasteiger partial charge in [0.1, 0.15) is 6.04 Å². The Bertz CT molecular complexity index is 1320. The number of amides is 2. The quantitative estimate of drug-likeness (QED) is 0.427. The van der Waals surface area contributed by atoms with Crippen molar-refractivity contribution in [2.45, 2.75) is 31.7 Å². The lowest BCUT2D eigenvalue weighted by Gasteiger charge is -2.41. The van der Waals surface area contributed by atoms with Crippen LogP contribution in [0.3, 0.4) is 0 Å². The van der Waals surface area contributed by atoms with E-state index in [-0.39, 0.29) is 23.9 Å². The number of hydrogen-bond donors (Lipinski definition) is 2. The van der Waals surface area contributed by atoms with Gasteiger partial charge in [0.25, 0.3) is 5.91 Å². The van der Waals surface area contributed by atoms with E-state index in [0.717, 1.165) is 28.6 Å². The van der Waals surface area contributed by atoms with Gasteiger partial charge in [-0.15, -0.1) is 0 Å². The maximum atomic E-state index is 13.3. The number of carbonyl (C=O) groups is 2. The highest BCUT2D eigenvalue weighted by Gasteiger charge is 2.30. The van der Waals surface area contributed by atoms with E-state index in [9.17, 15) is 9.59 Å². The van der Waals surface area contributed by atoms with Crippen molar-refractivity contribution in [3.63, 3.8) is 0 Å². The molecule has 3 aromatic carbocycles. The molecule has 3 aromatic rings. The van der Waals surface area contributed by atoms with Crippen LogP contribution < -0.4 is 15.5 Å². The Kier molecular flexibility index (Phi) is 7.63. The largest absolute Gasteiger partial charge is 0.371 e. The molecule has 0 spiro atoms. The van der Waals surface area contributed by atoms with Gasteiger partial charge in [0.2, 0.25) is 5.91 Å². The second-order valence-corrected chi connectivity index (χ2v) is 11.1. The summed E-state index contributed by atoms with van der Waals surface area (Å²) in [5.74, 6) is 1.25. The van der Waals surface area contributed by atoms with Crippen LogP contribution in [0.4, 0.5) is 17.1 Å². The monoisotopic (exact) mass is 534 g/mol. The van der Waals surface area contributed by atoms with Crippen molar-refractivity contribution in [2.75, 3.05) is 40.9 Å². The first-order valence-electron chi connectivity index (χ1n) is 12.5. The predicted octanol–water partition coefficient (Wildman–Crippen LogP) is 5.67. The molecule has 2 heterocycles. The van der Waals surface area contributed by atoms with Gasteiger partial charge < -0.3 is 20.4 Å². The number of aryl methyl sites for hydroxylation is 1. The van der Waals surface area contributed by atoms with Crippen molar-refractivity contribution in [3.05, 3.63) is 88.4 Å². The van der Waals surface area contributed by atoms with Crippen molar-refractivity contribution < 1.29 is 9.59 Å². The number of rotatable bonds is 6. The molecule has 8 heteroatoms. The molecule has 1 fully saturated rings. The van der Waals surface area contributed by atoms with Crippen molar-refractivity contribution >= 4 is 52.2 Å². The topological polar surface area (TPSA) is 64.7 Å². The van der Waals surface area contributed by atoms with Gasteiger partial charge in [0.05, 0.1) is 11.4 Å². The van der Waals surface area contributed by atoms with E-state index in [1.54, 1.807) is 17.8 Å². The summed E-state index contributed by atoms with van der Waals surface area (Å²) in [5.41, 5.74) is 5.55. The molecule has 2 amide bonds. The molecule has 2 atom stereocenters. The Labute approximate surface area is 227 Å². The van der Waals surface area contributed by atoms with Crippen molar-refractivity contribution in [3.8, 4) is 0 Å². The zero-order valence-electron chi connectivity index (χ0n) is 21.0. The Balaban J connectivity index is 1.19. The van der Waals surface area contributed by atoms with Gasteiger partial charge in [0.15, 0.2) is 0 Å². The fourth-order valence-electron chi connectivity index (χ4n) is 4.91. The first-order valence-corrected chi connectivity index (χ1v) is 14.1. The fourth-order valence-corrected chi connectivity index (χ4v) is 6.26. The number of fused-ring (bicyclic) bond motifs is 1. The number of nitrogens with one attached hydrogen (secondary N) is 2. The minimum absolute atomic E-state index is 0.00906. The molecule has 1 saturated heterocycles. The smallest absolute Gasteiger partial charge is 0.254 e. The minimum Gasteiger partial charge on any atom is -0.371 e. The van der Waals surface area contributed by atoms with Crippen LogP contribution in [0.15, 0.2) is 66.7 Å². The van der Waals surface area contributed by atoms with Gasteiger partial charge in [-0.1, -0.05) is 41.9 Å². The molecule has 192 valence electrons. The molecule has 5 rings (SSSR count). The summed E-state index contributed by atoms with van der Waals surface area (Å²) in [6, 6.07) is 21.6. The lowest BCUT2D eigenvalue weighted by Crippen LogP contribution is -2.53. The molecular formula is C29H31ClN4O2S. The highest BCUT2D eigenvalue weighted by molar-refractivity contribution is 7.98. The lowest BCUT2D eigenvalue weighted by atomic mass is 10.1. The Morgan fingerprint density at radius 2 is 1.89 bits per heavy atom. The first-order chi connectivity index (χ1) is 17.9.